The van der Waals surface area contributed by atoms with Gasteiger partial charge in [0.25, 0.3) is 5.91 Å². The molecule has 0 radical (unpaired) electrons. The normalized spacial score (nSPS) is 9.95. The number of aliphatic hydroxyl groups is 1. The minimum atomic E-state index is -0.575. The van der Waals surface area contributed by atoms with Gasteiger partial charge in [-0.15, -0.1) is 0 Å². The fourth-order valence-electron chi connectivity index (χ4n) is 1.71. The molecule has 5 nitrogen and oxygen atoms in total. The van der Waals surface area contributed by atoms with Crippen molar-refractivity contribution in [1.29, 1.82) is 0 Å². The average molecular weight is 309 g/mol. The van der Waals surface area contributed by atoms with Crippen molar-refractivity contribution in [1.82, 2.24) is 4.90 Å². The summed E-state index contributed by atoms with van der Waals surface area (Å²) in [5, 5.41) is 8.97. The Labute approximate surface area is 128 Å². The van der Waals surface area contributed by atoms with Crippen LogP contribution >= 0.6 is 11.6 Å². The van der Waals surface area contributed by atoms with E-state index in [2.05, 4.69) is 11.8 Å². The number of rotatable bonds is 4. The van der Waals surface area contributed by atoms with Gasteiger partial charge in [-0.3, -0.25) is 9.59 Å². The zero-order valence-corrected chi connectivity index (χ0v) is 12.6. The third-order valence-electron chi connectivity index (χ3n) is 2.73. The maximum atomic E-state index is 12.4. The van der Waals surface area contributed by atoms with Gasteiger partial charge in [-0.25, -0.2) is 0 Å². The highest BCUT2D eigenvalue weighted by Gasteiger charge is 2.21. The molecule has 0 bridgehead atoms. The Morgan fingerprint density at radius 3 is 2.57 bits per heavy atom. The van der Waals surface area contributed by atoms with Crippen LogP contribution in [0.1, 0.15) is 29.8 Å². The third-order valence-corrected chi connectivity index (χ3v) is 3.04. The third kappa shape index (κ3) is 4.78. The van der Waals surface area contributed by atoms with Gasteiger partial charge in [-0.1, -0.05) is 23.4 Å². The molecule has 6 heteroatoms. The van der Waals surface area contributed by atoms with Gasteiger partial charge in [0.05, 0.1) is 11.6 Å². The maximum Gasteiger partial charge on any atom is 0.254 e. The summed E-state index contributed by atoms with van der Waals surface area (Å²) in [7, 11) is 0. The molecule has 0 aliphatic rings. The molecule has 21 heavy (non-hydrogen) atoms. The number of amides is 2. The lowest BCUT2D eigenvalue weighted by molar-refractivity contribution is -0.119. The summed E-state index contributed by atoms with van der Waals surface area (Å²) >= 11 is 6.05. The Bertz CT molecular complexity index is 603. The fourth-order valence-corrected chi connectivity index (χ4v) is 1.93. The maximum absolute atomic E-state index is 12.4. The van der Waals surface area contributed by atoms with E-state index < -0.39 is 5.91 Å². The van der Waals surface area contributed by atoms with E-state index in [4.69, 9.17) is 22.4 Å². The second kappa shape index (κ2) is 7.67. The molecular formula is C15H17ClN2O3. The van der Waals surface area contributed by atoms with Gasteiger partial charge in [0.2, 0.25) is 5.91 Å². The molecule has 0 aliphatic heterocycles. The van der Waals surface area contributed by atoms with Crippen LogP contribution in [0.4, 0.5) is 0 Å². The Balaban J connectivity index is 3.06. The van der Waals surface area contributed by atoms with Crippen LogP contribution in [0.3, 0.4) is 0 Å². The molecule has 0 saturated carbocycles. The summed E-state index contributed by atoms with van der Waals surface area (Å²) in [6.07, 6.45) is 0. The zero-order chi connectivity index (χ0) is 16.0. The van der Waals surface area contributed by atoms with E-state index >= 15 is 0 Å². The molecule has 112 valence electrons. The van der Waals surface area contributed by atoms with Gasteiger partial charge in [-0.05, 0) is 32.0 Å². The van der Waals surface area contributed by atoms with Crippen molar-refractivity contribution in [2.45, 2.75) is 19.9 Å². The number of halogens is 1. The molecule has 0 fully saturated rings. The van der Waals surface area contributed by atoms with Crippen molar-refractivity contribution < 1.29 is 14.7 Å². The van der Waals surface area contributed by atoms with Crippen LogP contribution in [0.25, 0.3) is 0 Å². The predicted octanol–water partition coefficient (Wildman–Crippen LogP) is 1.02. The minimum absolute atomic E-state index is 0.153. The Morgan fingerprint density at radius 1 is 1.43 bits per heavy atom. The van der Waals surface area contributed by atoms with Crippen LogP contribution in [0, 0.1) is 11.8 Å². The molecule has 2 amide bonds. The van der Waals surface area contributed by atoms with Crippen LogP contribution < -0.4 is 5.73 Å². The number of hydrogen-bond acceptors (Lipinski definition) is 3. The van der Waals surface area contributed by atoms with Gasteiger partial charge in [0.1, 0.15) is 6.61 Å². The standard InChI is InChI=1S/C15H17ClN2O3/c1-10(2)18(9-14(17)20)15(21)12-6-5-11(4-3-7-19)13(16)8-12/h5-6,8,10,19H,7,9H2,1-2H3,(H2,17,20). The van der Waals surface area contributed by atoms with Gasteiger partial charge in [-0.2, -0.15) is 0 Å². The number of primary amides is 1. The topological polar surface area (TPSA) is 83.6 Å². The minimum Gasteiger partial charge on any atom is -0.384 e. The van der Waals surface area contributed by atoms with Crippen molar-refractivity contribution >= 4 is 23.4 Å². The molecule has 3 N–H and O–H groups in total. The predicted molar refractivity (Wildman–Crippen MR) is 80.8 cm³/mol. The van der Waals surface area contributed by atoms with Crippen molar-refractivity contribution in [2.75, 3.05) is 13.2 Å². The molecule has 0 saturated heterocycles. The van der Waals surface area contributed by atoms with Crippen LogP contribution in [-0.4, -0.2) is 41.0 Å². The number of carbonyl (C=O) groups excluding carboxylic acids is 2. The van der Waals surface area contributed by atoms with E-state index in [0.29, 0.717) is 16.1 Å². The molecule has 0 spiro atoms. The number of nitrogens with zero attached hydrogens (tertiary/aromatic N) is 1. The van der Waals surface area contributed by atoms with Crippen molar-refractivity contribution in [2.24, 2.45) is 5.73 Å². The summed E-state index contributed by atoms with van der Waals surface area (Å²) in [4.78, 5) is 24.8. The second-order valence-electron chi connectivity index (χ2n) is 4.65. The fraction of sp³-hybridized carbons (Fsp3) is 0.333. The first kappa shape index (κ1) is 17.0. The molecule has 0 atom stereocenters. The average Bonchev–Trinajstić information content (AvgIpc) is 2.42. The summed E-state index contributed by atoms with van der Waals surface area (Å²) < 4.78 is 0. The molecule has 1 aromatic rings. The summed E-state index contributed by atoms with van der Waals surface area (Å²) in [5.74, 6) is 4.27. The molecule has 0 aromatic heterocycles. The quantitative estimate of drug-likeness (QED) is 0.815. The van der Waals surface area contributed by atoms with Crippen molar-refractivity contribution in [3.63, 3.8) is 0 Å². The summed E-state index contributed by atoms with van der Waals surface area (Å²) in [6, 6.07) is 4.49. The SMILES string of the molecule is CC(C)N(CC(N)=O)C(=O)c1ccc(C#CCO)c(Cl)c1. The Kier molecular flexibility index (Phi) is 6.22. The first-order valence-corrected chi connectivity index (χ1v) is 6.73. The molecule has 0 aliphatic carbocycles. The van der Waals surface area contributed by atoms with Crippen LogP contribution in [-0.2, 0) is 4.79 Å². The van der Waals surface area contributed by atoms with E-state index in [1.54, 1.807) is 26.0 Å². The summed E-state index contributed by atoms with van der Waals surface area (Å²) in [5.41, 5.74) is 6.03. The van der Waals surface area contributed by atoms with E-state index in [1.807, 2.05) is 0 Å². The first-order valence-electron chi connectivity index (χ1n) is 6.35. The van der Waals surface area contributed by atoms with E-state index in [1.165, 1.54) is 11.0 Å². The largest absolute Gasteiger partial charge is 0.384 e. The van der Waals surface area contributed by atoms with Crippen LogP contribution in [0.2, 0.25) is 5.02 Å². The van der Waals surface area contributed by atoms with E-state index in [0.717, 1.165) is 0 Å². The van der Waals surface area contributed by atoms with Crippen LogP contribution in [0.5, 0.6) is 0 Å². The number of nitrogens with two attached hydrogens (primary N) is 1. The smallest absolute Gasteiger partial charge is 0.254 e. The number of hydrogen-bond donors (Lipinski definition) is 2. The molecule has 0 heterocycles. The lowest BCUT2D eigenvalue weighted by atomic mass is 10.1. The Morgan fingerprint density at radius 2 is 2.10 bits per heavy atom. The first-order chi connectivity index (χ1) is 9.86. The highest BCUT2D eigenvalue weighted by molar-refractivity contribution is 6.32. The van der Waals surface area contributed by atoms with Crippen molar-refractivity contribution in [3.05, 3.63) is 34.3 Å². The van der Waals surface area contributed by atoms with Gasteiger partial charge < -0.3 is 15.7 Å². The molecule has 0 unspecified atom stereocenters. The monoisotopic (exact) mass is 308 g/mol. The summed E-state index contributed by atoms with van der Waals surface area (Å²) in [6.45, 7) is 3.17. The van der Waals surface area contributed by atoms with E-state index in [9.17, 15) is 9.59 Å². The second-order valence-corrected chi connectivity index (χ2v) is 5.05. The Hall–Kier alpha value is -2.03. The van der Waals surface area contributed by atoms with Gasteiger partial charge in [0, 0.05) is 17.2 Å². The lowest BCUT2D eigenvalue weighted by Crippen LogP contribution is -2.42. The van der Waals surface area contributed by atoms with Crippen LogP contribution in [0.15, 0.2) is 18.2 Å². The van der Waals surface area contributed by atoms with Gasteiger partial charge >= 0.3 is 0 Å². The number of aliphatic hydroxyl groups excluding tert-OH is 1. The van der Waals surface area contributed by atoms with Gasteiger partial charge in [0.15, 0.2) is 0 Å². The molecule has 1 rings (SSSR count). The molecular weight excluding hydrogens is 292 g/mol. The van der Waals surface area contributed by atoms with E-state index in [-0.39, 0.29) is 25.1 Å². The van der Waals surface area contributed by atoms with Crippen molar-refractivity contribution in [3.8, 4) is 11.8 Å². The highest BCUT2D eigenvalue weighted by atomic mass is 35.5. The number of benzene rings is 1. The zero-order valence-electron chi connectivity index (χ0n) is 11.9. The highest BCUT2D eigenvalue weighted by Crippen LogP contribution is 2.19. The number of carbonyl (C=O) groups is 2. The molecule has 1 aromatic carbocycles. The lowest BCUT2D eigenvalue weighted by Gasteiger charge is -2.25.